The number of nitrogens with zero attached hydrogens (tertiary/aromatic N) is 4. The molecule has 0 aliphatic heterocycles. The fraction of sp³-hybridized carbons (Fsp3) is 0.333. The minimum absolute atomic E-state index is 0.148. The molecule has 3 aromatic rings. The van der Waals surface area contributed by atoms with Gasteiger partial charge >= 0.3 is 0 Å². The largest absolute Gasteiger partial charge is 0.435 e. The van der Waals surface area contributed by atoms with Crippen molar-refractivity contribution in [2.45, 2.75) is 32.4 Å². The van der Waals surface area contributed by atoms with E-state index in [2.05, 4.69) is 52.2 Å². The van der Waals surface area contributed by atoms with Crippen LogP contribution in [0.3, 0.4) is 0 Å². The van der Waals surface area contributed by atoms with Crippen molar-refractivity contribution in [3.8, 4) is 11.6 Å². The first-order valence-corrected chi connectivity index (χ1v) is 13.6. The highest BCUT2D eigenvalue weighted by Gasteiger charge is 2.18. The van der Waals surface area contributed by atoms with Crippen LogP contribution in [-0.4, -0.2) is 34.1 Å². The Kier molecular flexibility index (Phi) is 6.48. The smallest absolute Gasteiger partial charge is 0.272 e. The first kappa shape index (κ1) is 21.6. The van der Waals surface area contributed by atoms with Crippen LogP contribution in [0.15, 0.2) is 30.7 Å². The lowest BCUT2D eigenvalue weighted by Crippen LogP contribution is -2.22. The number of benzene rings is 1. The van der Waals surface area contributed by atoms with E-state index in [0.29, 0.717) is 24.4 Å². The standard InChI is InChI=1S/C18H20FIN4O4Si/c1-29(2,3)7-6-27-11-23-9-14(20)16-17(23)21-10-22-18(16)28-15-5-4-12(24(25)26)8-13(15)19/h4-5,8-10H,6-7,11H2,1-3H3. The molecule has 0 radical (unpaired) electrons. The SMILES string of the molecule is C[Si](C)(C)CCOCn1cc(I)c2c(Oc3ccc([N+](=O)[O-])cc3F)ncnc21. The van der Waals surface area contributed by atoms with Gasteiger partial charge in [-0.2, -0.15) is 0 Å². The third-order valence-electron chi connectivity index (χ3n) is 4.13. The molecule has 0 saturated heterocycles. The maximum atomic E-state index is 14.2. The number of fused-ring (bicyclic) bond motifs is 1. The average molecular weight is 530 g/mol. The number of hydrogen-bond donors (Lipinski definition) is 0. The molecule has 0 amide bonds. The summed E-state index contributed by atoms with van der Waals surface area (Å²) in [6.07, 6.45) is 3.20. The van der Waals surface area contributed by atoms with Crippen molar-refractivity contribution in [1.29, 1.82) is 0 Å². The van der Waals surface area contributed by atoms with Gasteiger partial charge in [0.25, 0.3) is 5.69 Å². The summed E-state index contributed by atoms with van der Waals surface area (Å²) in [4.78, 5) is 18.5. The molecule has 0 bridgehead atoms. The number of halogens is 2. The second kappa shape index (κ2) is 8.71. The molecule has 0 unspecified atom stereocenters. The molecule has 29 heavy (non-hydrogen) atoms. The third-order valence-corrected chi connectivity index (χ3v) is 6.65. The van der Waals surface area contributed by atoms with Gasteiger partial charge in [0.15, 0.2) is 11.6 Å². The minimum Gasteiger partial charge on any atom is -0.435 e. The molecule has 0 spiro atoms. The van der Waals surface area contributed by atoms with Gasteiger partial charge in [-0.15, -0.1) is 0 Å². The highest BCUT2D eigenvalue weighted by atomic mass is 127. The molecule has 2 aromatic heterocycles. The van der Waals surface area contributed by atoms with Crippen LogP contribution in [0, 0.1) is 19.5 Å². The molecule has 11 heteroatoms. The van der Waals surface area contributed by atoms with Gasteiger partial charge in [0.05, 0.1) is 16.4 Å². The van der Waals surface area contributed by atoms with Crippen LogP contribution in [0.2, 0.25) is 25.7 Å². The van der Waals surface area contributed by atoms with E-state index < -0.39 is 18.8 Å². The fourth-order valence-electron chi connectivity index (χ4n) is 2.56. The van der Waals surface area contributed by atoms with E-state index in [1.807, 2.05) is 10.8 Å². The first-order chi connectivity index (χ1) is 13.7. The highest BCUT2D eigenvalue weighted by Crippen LogP contribution is 2.33. The van der Waals surface area contributed by atoms with Gasteiger partial charge in [0, 0.05) is 30.5 Å². The van der Waals surface area contributed by atoms with Crippen LogP contribution >= 0.6 is 22.6 Å². The number of ether oxygens (including phenoxy) is 2. The Hall–Kier alpha value is -2.12. The molecule has 0 aliphatic rings. The van der Waals surface area contributed by atoms with Gasteiger partial charge in [-0.25, -0.2) is 14.4 Å². The zero-order valence-electron chi connectivity index (χ0n) is 16.2. The van der Waals surface area contributed by atoms with Gasteiger partial charge in [-0.3, -0.25) is 10.1 Å². The highest BCUT2D eigenvalue weighted by molar-refractivity contribution is 14.1. The van der Waals surface area contributed by atoms with E-state index >= 15 is 0 Å². The minimum atomic E-state index is -1.17. The number of non-ortho nitro benzene ring substituents is 1. The molecule has 154 valence electrons. The van der Waals surface area contributed by atoms with Gasteiger partial charge in [-0.05, 0) is 34.7 Å². The van der Waals surface area contributed by atoms with Crippen molar-refractivity contribution in [2.24, 2.45) is 0 Å². The molecule has 0 fully saturated rings. The normalized spacial score (nSPS) is 11.8. The lowest BCUT2D eigenvalue weighted by molar-refractivity contribution is -0.385. The van der Waals surface area contributed by atoms with Gasteiger partial charge < -0.3 is 14.0 Å². The second-order valence-electron chi connectivity index (χ2n) is 7.65. The van der Waals surface area contributed by atoms with Crippen LogP contribution in [-0.2, 0) is 11.5 Å². The lowest BCUT2D eigenvalue weighted by atomic mass is 10.3. The Morgan fingerprint density at radius 1 is 1.31 bits per heavy atom. The molecule has 1 aromatic carbocycles. The quantitative estimate of drug-likeness (QED) is 0.131. The number of aromatic nitrogens is 3. The van der Waals surface area contributed by atoms with Crippen LogP contribution in [0.4, 0.5) is 10.1 Å². The van der Waals surface area contributed by atoms with Gasteiger partial charge in [-0.1, -0.05) is 19.6 Å². The Labute approximate surface area is 181 Å². The van der Waals surface area contributed by atoms with Crippen molar-refractivity contribution in [1.82, 2.24) is 14.5 Å². The molecule has 0 aliphatic carbocycles. The Balaban J connectivity index is 1.83. The second-order valence-corrected chi connectivity index (χ2v) is 14.4. The number of hydrogen-bond acceptors (Lipinski definition) is 6. The van der Waals surface area contributed by atoms with Crippen LogP contribution in [0.1, 0.15) is 0 Å². The molecule has 2 heterocycles. The lowest BCUT2D eigenvalue weighted by Gasteiger charge is -2.15. The summed E-state index contributed by atoms with van der Waals surface area (Å²) in [5, 5.41) is 11.4. The summed E-state index contributed by atoms with van der Waals surface area (Å²) in [6.45, 7) is 7.89. The fourth-order valence-corrected chi connectivity index (χ4v) is 4.12. The van der Waals surface area contributed by atoms with Gasteiger partial charge in [0.2, 0.25) is 5.88 Å². The summed E-state index contributed by atoms with van der Waals surface area (Å²) in [5.74, 6) is -0.811. The molecule has 0 atom stereocenters. The van der Waals surface area contributed by atoms with Crippen LogP contribution < -0.4 is 4.74 Å². The maximum absolute atomic E-state index is 14.2. The van der Waals surface area contributed by atoms with Gasteiger partial charge in [0.1, 0.15) is 18.7 Å². The Morgan fingerprint density at radius 3 is 2.72 bits per heavy atom. The van der Waals surface area contributed by atoms with E-state index in [1.54, 1.807) is 0 Å². The molecular weight excluding hydrogens is 510 g/mol. The Morgan fingerprint density at radius 2 is 2.07 bits per heavy atom. The molecular formula is C18H20FIN4O4Si. The van der Waals surface area contributed by atoms with E-state index in [-0.39, 0.29) is 17.3 Å². The molecule has 0 N–H and O–H groups in total. The molecule has 3 rings (SSSR count). The van der Waals surface area contributed by atoms with Crippen molar-refractivity contribution < 1.29 is 18.8 Å². The van der Waals surface area contributed by atoms with Crippen molar-refractivity contribution in [3.63, 3.8) is 0 Å². The average Bonchev–Trinajstić information content (AvgIpc) is 2.96. The van der Waals surface area contributed by atoms with Crippen molar-refractivity contribution >= 4 is 47.4 Å². The number of rotatable bonds is 8. The summed E-state index contributed by atoms with van der Waals surface area (Å²) < 4.78 is 28.3. The van der Waals surface area contributed by atoms with Crippen LogP contribution in [0.5, 0.6) is 11.6 Å². The molecule has 0 saturated carbocycles. The summed E-state index contributed by atoms with van der Waals surface area (Å²) in [6, 6.07) is 4.27. The number of nitro groups is 1. The monoisotopic (exact) mass is 530 g/mol. The first-order valence-electron chi connectivity index (χ1n) is 8.84. The van der Waals surface area contributed by atoms with E-state index in [9.17, 15) is 14.5 Å². The number of nitro benzene ring substituents is 1. The van der Waals surface area contributed by atoms with Crippen LogP contribution in [0.25, 0.3) is 11.0 Å². The summed E-state index contributed by atoms with van der Waals surface area (Å²) >= 11 is 2.13. The zero-order chi connectivity index (χ0) is 21.2. The molecule has 8 nitrogen and oxygen atoms in total. The predicted octanol–water partition coefficient (Wildman–Crippen LogP) is 5.19. The Bertz CT molecular complexity index is 1050. The van der Waals surface area contributed by atoms with Crippen molar-refractivity contribution in [2.75, 3.05) is 6.61 Å². The topological polar surface area (TPSA) is 92.3 Å². The predicted molar refractivity (Wildman–Crippen MR) is 117 cm³/mol. The third kappa shape index (κ3) is 5.28. The maximum Gasteiger partial charge on any atom is 0.272 e. The summed E-state index contributed by atoms with van der Waals surface area (Å²) in [7, 11) is -1.17. The van der Waals surface area contributed by atoms with Crippen molar-refractivity contribution in [3.05, 3.63) is 50.2 Å². The zero-order valence-corrected chi connectivity index (χ0v) is 19.3. The van der Waals surface area contributed by atoms with E-state index in [1.165, 1.54) is 18.5 Å². The summed E-state index contributed by atoms with van der Waals surface area (Å²) in [5.41, 5.74) is 0.258. The van der Waals surface area contributed by atoms with E-state index in [0.717, 1.165) is 15.7 Å². The van der Waals surface area contributed by atoms with E-state index in [4.69, 9.17) is 9.47 Å².